The van der Waals surface area contributed by atoms with Crippen molar-refractivity contribution in [3.8, 4) is 6.07 Å². The second kappa shape index (κ2) is 6.92. The van der Waals surface area contributed by atoms with Gasteiger partial charge >= 0.3 is 6.18 Å². The highest BCUT2D eigenvalue weighted by Crippen LogP contribution is 2.33. The smallest absolute Gasteiger partial charge is 0.384 e. The van der Waals surface area contributed by atoms with Crippen LogP contribution in [-0.2, 0) is 11.0 Å². The van der Waals surface area contributed by atoms with Gasteiger partial charge in [0.2, 0.25) is 5.91 Å². The van der Waals surface area contributed by atoms with E-state index in [1.807, 2.05) is 0 Å². The summed E-state index contributed by atoms with van der Waals surface area (Å²) in [6.45, 7) is 3.13. The number of hydrogen-bond acceptors (Lipinski definition) is 5. The molecule has 1 heterocycles. The van der Waals surface area contributed by atoms with Crippen LogP contribution in [0, 0.1) is 11.3 Å². The summed E-state index contributed by atoms with van der Waals surface area (Å²) in [5, 5.41) is 14.2. The molecule has 1 aromatic heterocycles. The molecule has 26 heavy (non-hydrogen) atoms. The number of pyridine rings is 1. The third kappa shape index (κ3) is 4.42. The third-order valence-corrected chi connectivity index (χ3v) is 3.51. The molecule has 0 atom stereocenters. The van der Waals surface area contributed by atoms with E-state index in [0.717, 1.165) is 12.1 Å². The Bertz CT molecular complexity index is 854. The molecule has 0 spiro atoms. The summed E-state index contributed by atoms with van der Waals surface area (Å²) < 4.78 is 39.0. The molecule has 0 aliphatic rings. The maximum atomic E-state index is 13.0. The van der Waals surface area contributed by atoms with Crippen molar-refractivity contribution >= 4 is 23.1 Å². The maximum Gasteiger partial charge on any atom is 0.417 e. The number of anilines is 3. The van der Waals surface area contributed by atoms with E-state index in [1.165, 1.54) is 18.3 Å². The van der Waals surface area contributed by atoms with Gasteiger partial charge in [0.05, 0.1) is 29.1 Å². The van der Waals surface area contributed by atoms with Crippen LogP contribution in [-0.4, -0.2) is 16.4 Å². The molecule has 136 valence electrons. The molecule has 0 aliphatic carbocycles. The molecule has 0 fully saturated rings. The van der Waals surface area contributed by atoms with Gasteiger partial charge in [-0.25, -0.2) is 4.98 Å². The lowest BCUT2D eigenvalue weighted by Gasteiger charge is -2.26. The monoisotopic (exact) mass is 363 g/mol. The third-order valence-electron chi connectivity index (χ3n) is 3.51. The summed E-state index contributed by atoms with van der Waals surface area (Å²) in [6, 6.07) is 7.65. The standard InChI is InChI=1S/C17H16F3N5O/c1-16(2,25-12-5-6-14(22)23-9-12)15(26)24-11-4-3-10(8-21)13(7-11)17(18,19)20/h3-7,9,25H,1-2H3,(H2,22,23)(H,24,26). The van der Waals surface area contributed by atoms with Crippen LogP contribution >= 0.6 is 0 Å². The molecule has 9 heteroatoms. The van der Waals surface area contributed by atoms with Gasteiger partial charge in [-0.1, -0.05) is 0 Å². The number of amides is 1. The van der Waals surface area contributed by atoms with Crippen molar-refractivity contribution < 1.29 is 18.0 Å². The first-order valence-corrected chi connectivity index (χ1v) is 7.45. The van der Waals surface area contributed by atoms with Crippen molar-refractivity contribution in [3.05, 3.63) is 47.7 Å². The fourth-order valence-electron chi connectivity index (χ4n) is 2.14. The minimum Gasteiger partial charge on any atom is -0.384 e. The topological polar surface area (TPSA) is 104 Å². The van der Waals surface area contributed by atoms with Gasteiger partial charge < -0.3 is 16.4 Å². The minimum atomic E-state index is -4.70. The molecule has 0 saturated carbocycles. The van der Waals surface area contributed by atoms with E-state index < -0.39 is 28.7 Å². The number of carbonyl (C=O) groups is 1. The molecule has 2 rings (SSSR count). The van der Waals surface area contributed by atoms with Crippen LogP contribution in [0.25, 0.3) is 0 Å². The van der Waals surface area contributed by atoms with E-state index in [0.29, 0.717) is 11.5 Å². The zero-order chi connectivity index (χ0) is 19.5. The summed E-state index contributed by atoms with van der Waals surface area (Å²) >= 11 is 0. The minimum absolute atomic E-state index is 0.0633. The molecule has 0 saturated heterocycles. The molecule has 0 unspecified atom stereocenters. The highest BCUT2D eigenvalue weighted by Gasteiger charge is 2.34. The summed E-state index contributed by atoms with van der Waals surface area (Å²) in [5.74, 6) is -0.248. The number of nitrogen functional groups attached to an aromatic ring is 1. The second-order valence-corrected chi connectivity index (χ2v) is 6.05. The number of aromatic nitrogens is 1. The van der Waals surface area contributed by atoms with Crippen LogP contribution in [0.2, 0.25) is 0 Å². The van der Waals surface area contributed by atoms with Gasteiger partial charge in [-0.2, -0.15) is 18.4 Å². The second-order valence-electron chi connectivity index (χ2n) is 6.05. The molecule has 1 aromatic carbocycles. The molecular formula is C17H16F3N5O. The van der Waals surface area contributed by atoms with Crippen LogP contribution in [0.15, 0.2) is 36.5 Å². The first-order chi connectivity index (χ1) is 12.0. The largest absolute Gasteiger partial charge is 0.417 e. The highest BCUT2D eigenvalue weighted by molar-refractivity contribution is 5.99. The van der Waals surface area contributed by atoms with E-state index in [1.54, 1.807) is 26.0 Å². The molecule has 1 amide bonds. The Morgan fingerprint density at radius 1 is 1.19 bits per heavy atom. The van der Waals surface area contributed by atoms with Gasteiger partial charge in [-0.15, -0.1) is 0 Å². The highest BCUT2D eigenvalue weighted by atomic mass is 19.4. The maximum absolute atomic E-state index is 13.0. The predicted octanol–water partition coefficient (Wildman–Crippen LogP) is 3.38. The Hall–Kier alpha value is -3.28. The molecule has 2 aromatic rings. The fourth-order valence-corrected chi connectivity index (χ4v) is 2.14. The number of carbonyl (C=O) groups excluding carboxylic acids is 1. The number of halogens is 3. The first-order valence-electron chi connectivity index (χ1n) is 7.45. The van der Waals surface area contributed by atoms with E-state index in [4.69, 9.17) is 11.0 Å². The van der Waals surface area contributed by atoms with E-state index >= 15 is 0 Å². The number of benzene rings is 1. The number of nitrogens with one attached hydrogen (secondary N) is 2. The molecule has 0 radical (unpaired) electrons. The quantitative estimate of drug-likeness (QED) is 0.772. The van der Waals surface area contributed by atoms with Crippen molar-refractivity contribution in [2.24, 2.45) is 0 Å². The van der Waals surface area contributed by atoms with Crippen molar-refractivity contribution in [3.63, 3.8) is 0 Å². The zero-order valence-corrected chi connectivity index (χ0v) is 14.0. The van der Waals surface area contributed by atoms with Gasteiger partial charge in [0.25, 0.3) is 0 Å². The normalized spacial score (nSPS) is 11.5. The number of alkyl halides is 3. The lowest BCUT2D eigenvalue weighted by Crippen LogP contribution is -2.44. The Labute approximate surface area is 147 Å². The zero-order valence-electron chi connectivity index (χ0n) is 14.0. The fraction of sp³-hybridized carbons (Fsp3) is 0.235. The average molecular weight is 363 g/mol. The van der Waals surface area contributed by atoms with Gasteiger partial charge in [0.1, 0.15) is 11.4 Å². The molecular weight excluding hydrogens is 347 g/mol. The number of nitrogens with zero attached hydrogens (tertiary/aromatic N) is 2. The SMILES string of the molecule is CC(C)(Nc1ccc(N)nc1)C(=O)Nc1ccc(C#N)c(C(F)(F)F)c1. The molecule has 6 nitrogen and oxygen atoms in total. The Morgan fingerprint density at radius 3 is 2.38 bits per heavy atom. The summed E-state index contributed by atoms with van der Waals surface area (Å²) in [6.07, 6.45) is -3.26. The number of rotatable bonds is 4. The van der Waals surface area contributed by atoms with Crippen LogP contribution in [0.1, 0.15) is 25.0 Å². The van der Waals surface area contributed by atoms with Gasteiger partial charge in [0, 0.05) is 5.69 Å². The number of nitriles is 1. The van der Waals surface area contributed by atoms with E-state index in [2.05, 4.69) is 15.6 Å². The lowest BCUT2D eigenvalue weighted by atomic mass is 10.0. The van der Waals surface area contributed by atoms with Crippen LogP contribution < -0.4 is 16.4 Å². The van der Waals surface area contributed by atoms with Gasteiger partial charge in [0.15, 0.2) is 0 Å². The average Bonchev–Trinajstić information content (AvgIpc) is 2.56. The van der Waals surface area contributed by atoms with Crippen molar-refractivity contribution in [2.75, 3.05) is 16.4 Å². The predicted molar refractivity (Wildman–Crippen MR) is 91.1 cm³/mol. The summed E-state index contributed by atoms with van der Waals surface area (Å²) in [7, 11) is 0. The van der Waals surface area contributed by atoms with Crippen molar-refractivity contribution in [2.45, 2.75) is 25.6 Å². The molecule has 0 bridgehead atoms. The van der Waals surface area contributed by atoms with Crippen LogP contribution in [0.4, 0.5) is 30.4 Å². The molecule has 4 N–H and O–H groups in total. The van der Waals surface area contributed by atoms with Crippen molar-refractivity contribution in [1.29, 1.82) is 5.26 Å². The van der Waals surface area contributed by atoms with Crippen LogP contribution in [0.5, 0.6) is 0 Å². The molecule has 0 aliphatic heterocycles. The number of nitrogens with two attached hydrogens (primary N) is 1. The first kappa shape index (κ1) is 19.1. The van der Waals surface area contributed by atoms with Gasteiger partial charge in [-0.3, -0.25) is 4.79 Å². The van der Waals surface area contributed by atoms with Crippen LogP contribution in [0.3, 0.4) is 0 Å². The summed E-state index contributed by atoms with van der Waals surface area (Å²) in [4.78, 5) is 16.3. The summed E-state index contributed by atoms with van der Waals surface area (Å²) in [5.41, 5.74) is 3.19. The van der Waals surface area contributed by atoms with E-state index in [-0.39, 0.29) is 5.69 Å². The van der Waals surface area contributed by atoms with E-state index in [9.17, 15) is 18.0 Å². The number of hydrogen-bond donors (Lipinski definition) is 3. The van der Waals surface area contributed by atoms with Gasteiger partial charge in [-0.05, 0) is 44.2 Å². The Balaban J connectivity index is 2.20. The Kier molecular flexibility index (Phi) is 5.07. The lowest BCUT2D eigenvalue weighted by molar-refractivity contribution is -0.137. The Morgan fingerprint density at radius 2 is 1.85 bits per heavy atom. The van der Waals surface area contributed by atoms with Crippen molar-refractivity contribution in [1.82, 2.24) is 4.98 Å².